The Hall–Kier alpha value is -2.00. The molecule has 1 amide bonds. The Labute approximate surface area is 115 Å². The third kappa shape index (κ3) is 9.97. The lowest BCUT2D eigenvalue weighted by Crippen LogP contribution is -2.44. The summed E-state index contributed by atoms with van der Waals surface area (Å²) in [5.74, 6) is -3.10. The Morgan fingerprint density at radius 2 is 1.25 bits per heavy atom. The maximum absolute atomic E-state index is 11.0. The van der Waals surface area contributed by atoms with E-state index in [1.165, 1.54) is 16.7 Å². The van der Waals surface area contributed by atoms with Crippen LogP contribution in [0.15, 0.2) is 0 Å². The number of carboxylic acid groups (broad SMARTS) is 2. The number of rotatable bonds is 11. The Bertz CT molecular complexity index is 316. The van der Waals surface area contributed by atoms with E-state index < -0.39 is 17.8 Å². The number of Topliss-reactive ketones (excluding diaryl/α,β-unsaturated/α-hetero) is 1. The van der Waals surface area contributed by atoms with Gasteiger partial charge in [-0.2, -0.15) is 0 Å². The number of amides is 1. The first-order valence-corrected chi connectivity index (χ1v) is 5.86. The normalized spacial score (nSPS) is 10.8. The molecule has 0 aliphatic heterocycles. The van der Waals surface area contributed by atoms with E-state index in [1.807, 2.05) is 0 Å². The maximum atomic E-state index is 11.0. The van der Waals surface area contributed by atoms with Gasteiger partial charge in [0.25, 0.3) is 0 Å². The predicted octanol–water partition coefficient (Wildman–Crippen LogP) is -2.17. The molecule has 0 heterocycles. The van der Waals surface area contributed by atoms with Gasteiger partial charge in [-0.15, -0.1) is 0 Å². The molecule has 0 aromatic rings. The topological polar surface area (TPSA) is 141 Å². The Kier molecular flexibility index (Phi) is 8.09. The monoisotopic (exact) mass is 289 g/mol. The van der Waals surface area contributed by atoms with Gasteiger partial charge in [0.2, 0.25) is 5.91 Å². The molecule has 0 atom stereocenters. The van der Waals surface area contributed by atoms with Crippen LogP contribution in [-0.4, -0.2) is 82.9 Å². The van der Waals surface area contributed by atoms with Crippen molar-refractivity contribution >= 4 is 23.6 Å². The Morgan fingerprint density at radius 3 is 1.55 bits per heavy atom. The second-order valence-corrected chi connectivity index (χ2v) is 4.38. The van der Waals surface area contributed by atoms with E-state index in [0.29, 0.717) is 0 Å². The largest absolute Gasteiger partial charge is 0.480 e. The van der Waals surface area contributed by atoms with Crippen LogP contribution in [0, 0.1) is 0 Å². The summed E-state index contributed by atoms with van der Waals surface area (Å²) in [5.41, 5.74) is 5.00. The number of hydrogen-bond acceptors (Lipinski definition) is 6. The van der Waals surface area contributed by atoms with Crippen LogP contribution in [0.3, 0.4) is 0 Å². The number of primary amides is 1. The van der Waals surface area contributed by atoms with Gasteiger partial charge in [0.05, 0.1) is 26.2 Å². The highest BCUT2D eigenvalue weighted by atomic mass is 16.4. The van der Waals surface area contributed by atoms with Gasteiger partial charge in [-0.25, -0.2) is 0 Å². The minimum absolute atomic E-state index is 0.0518. The van der Waals surface area contributed by atoms with Crippen LogP contribution in [0.2, 0.25) is 0 Å². The van der Waals surface area contributed by atoms with Gasteiger partial charge in [0, 0.05) is 13.1 Å². The average molecular weight is 289 g/mol. The molecule has 0 aliphatic carbocycles. The number of nitrogens with two attached hydrogens (primary N) is 1. The van der Waals surface area contributed by atoms with E-state index in [-0.39, 0.29) is 45.1 Å². The number of ketones is 1. The molecule has 0 saturated carbocycles. The lowest BCUT2D eigenvalue weighted by atomic mass is 10.3. The van der Waals surface area contributed by atoms with Crippen LogP contribution in [-0.2, 0) is 19.2 Å². The molecule has 0 aromatic heterocycles. The van der Waals surface area contributed by atoms with Gasteiger partial charge in [-0.3, -0.25) is 29.0 Å². The summed E-state index contributed by atoms with van der Waals surface area (Å²) in [6.07, 6.45) is 0. The summed E-state index contributed by atoms with van der Waals surface area (Å²) in [6.45, 7) is 0.577. The van der Waals surface area contributed by atoms with Gasteiger partial charge in [0.1, 0.15) is 5.78 Å². The van der Waals surface area contributed by atoms with Gasteiger partial charge in [0.15, 0.2) is 0 Å². The predicted molar refractivity (Wildman–Crippen MR) is 68.0 cm³/mol. The molecule has 0 saturated heterocycles. The van der Waals surface area contributed by atoms with E-state index in [0.717, 1.165) is 0 Å². The number of hydrogen-bond donors (Lipinski definition) is 3. The number of nitrogens with zero attached hydrogens (tertiary/aromatic N) is 2. The van der Waals surface area contributed by atoms with Crippen LogP contribution in [0.25, 0.3) is 0 Å². The third-order valence-corrected chi connectivity index (χ3v) is 2.28. The molecule has 0 rings (SSSR count). The zero-order valence-corrected chi connectivity index (χ0v) is 11.2. The molecule has 0 spiro atoms. The highest BCUT2D eigenvalue weighted by molar-refractivity contribution is 5.78. The van der Waals surface area contributed by atoms with Gasteiger partial charge >= 0.3 is 11.9 Å². The third-order valence-electron chi connectivity index (χ3n) is 2.28. The highest BCUT2D eigenvalue weighted by Gasteiger charge is 2.16. The molecule has 0 radical (unpaired) electrons. The van der Waals surface area contributed by atoms with Crippen molar-refractivity contribution in [2.45, 2.75) is 6.92 Å². The van der Waals surface area contributed by atoms with Crippen LogP contribution >= 0.6 is 0 Å². The first-order chi connectivity index (χ1) is 9.20. The van der Waals surface area contributed by atoms with Crippen molar-refractivity contribution in [1.29, 1.82) is 0 Å². The number of carbonyl (C=O) groups excluding carboxylic acids is 2. The van der Waals surface area contributed by atoms with E-state index in [9.17, 15) is 19.2 Å². The average Bonchev–Trinajstić information content (AvgIpc) is 2.22. The number of carboxylic acids is 2. The zero-order valence-electron chi connectivity index (χ0n) is 11.2. The molecule has 0 bridgehead atoms. The smallest absolute Gasteiger partial charge is 0.317 e. The molecule has 0 aromatic carbocycles. The highest BCUT2D eigenvalue weighted by Crippen LogP contribution is 1.94. The lowest BCUT2D eigenvalue weighted by molar-refractivity contribution is -0.141. The number of aliphatic carboxylic acids is 2. The van der Waals surface area contributed by atoms with Crippen LogP contribution in [0.1, 0.15) is 6.92 Å². The zero-order chi connectivity index (χ0) is 15.7. The van der Waals surface area contributed by atoms with Gasteiger partial charge < -0.3 is 15.9 Å². The molecule has 0 fully saturated rings. The molecule has 9 nitrogen and oxygen atoms in total. The summed E-state index contributed by atoms with van der Waals surface area (Å²) in [4.78, 5) is 45.8. The summed E-state index contributed by atoms with van der Waals surface area (Å²) in [6, 6.07) is 0. The molecule has 0 aliphatic rings. The molecular weight excluding hydrogens is 270 g/mol. The fraction of sp³-hybridized carbons (Fsp3) is 0.636. The van der Waals surface area contributed by atoms with Crippen molar-refractivity contribution in [3.05, 3.63) is 0 Å². The summed E-state index contributed by atoms with van der Waals surface area (Å²) < 4.78 is 0. The second-order valence-electron chi connectivity index (χ2n) is 4.38. The van der Waals surface area contributed by atoms with Crippen molar-refractivity contribution in [3.63, 3.8) is 0 Å². The Morgan fingerprint density at radius 1 is 0.850 bits per heavy atom. The van der Waals surface area contributed by atoms with E-state index in [2.05, 4.69) is 0 Å². The van der Waals surface area contributed by atoms with Crippen molar-refractivity contribution in [2.24, 2.45) is 5.73 Å². The minimum Gasteiger partial charge on any atom is -0.480 e. The van der Waals surface area contributed by atoms with Gasteiger partial charge in [-0.05, 0) is 6.92 Å². The van der Waals surface area contributed by atoms with Crippen LogP contribution in [0.4, 0.5) is 0 Å². The minimum atomic E-state index is -1.12. The van der Waals surface area contributed by atoms with E-state index in [4.69, 9.17) is 15.9 Å². The first-order valence-electron chi connectivity index (χ1n) is 5.86. The molecular formula is C11H19N3O6. The quantitative estimate of drug-likeness (QED) is 0.390. The maximum Gasteiger partial charge on any atom is 0.317 e. The van der Waals surface area contributed by atoms with Crippen LogP contribution in [0.5, 0.6) is 0 Å². The Balaban J connectivity index is 4.49. The fourth-order valence-electron chi connectivity index (χ4n) is 1.63. The fourth-order valence-corrected chi connectivity index (χ4v) is 1.63. The molecule has 114 valence electrons. The first kappa shape index (κ1) is 18.0. The van der Waals surface area contributed by atoms with Crippen molar-refractivity contribution in [1.82, 2.24) is 9.80 Å². The molecule has 0 unspecified atom stereocenters. The van der Waals surface area contributed by atoms with Crippen molar-refractivity contribution in [2.75, 3.05) is 39.3 Å². The van der Waals surface area contributed by atoms with Crippen molar-refractivity contribution < 1.29 is 29.4 Å². The lowest BCUT2D eigenvalue weighted by Gasteiger charge is -2.24. The van der Waals surface area contributed by atoms with Gasteiger partial charge in [-0.1, -0.05) is 0 Å². The van der Waals surface area contributed by atoms with E-state index in [1.54, 1.807) is 0 Å². The summed E-state index contributed by atoms with van der Waals surface area (Å²) in [7, 11) is 0. The molecule has 4 N–H and O–H groups in total. The molecule has 9 heteroatoms. The molecule has 20 heavy (non-hydrogen) atoms. The van der Waals surface area contributed by atoms with E-state index >= 15 is 0 Å². The summed E-state index contributed by atoms with van der Waals surface area (Å²) >= 11 is 0. The summed E-state index contributed by atoms with van der Waals surface area (Å²) in [5, 5.41) is 17.4. The standard InChI is InChI=1S/C11H19N3O6/c1-8(15)4-13(6-10(17)18)2-3-14(5-9(12)16)7-11(19)20/h2-7H2,1H3,(H2,12,16)(H,17,18)(H,19,20). The SMILES string of the molecule is CC(=O)CN(CCN(CC(N)=O)CC(=O)O)CC(=O)O. The second kappa shape index (κ2) is 8.99. The van der Waals surface area contributed by atoms with Crippen LogP contribution < -0.4 is 5.73 Å². The number of carbonyl (C=O) groups is 4. The van der Waals surface area contributed by atoms with Crippen molar-refractivity contribution in [3.8, 4) is 0 Å².